The van der Waals surface area contributed by atoms with E-state index in [-0.39, 0.29) is 17.2 Å². The van der Waals surface area contributed by atoms with Crippen molar-refractivity contribution < 1.29 is 9.59 Å². The summed E-state index contributed by atoms with van der Waals surface area (Å²) in [7, 11) is 0. The molecule has 1 aromatic heterocycles. The second-order valence-electron chi connectivity index (χ2n) is 5.93. The Labute approximate surface area is 146 Å². The van der Waals surface area contributed by atoms with Crippen LogP contribution in [0.3, 0.4) is 0 Å². The van der Waals surface area contributed by atoms with Gasteiger partial charge in [-0.3, -0.25) is 14.5 Å². The normalized spacial score (nSPS) is 17.8. The Balaban J connectivity index is 1.90. The predicted molar refractivity (Wildman–Crippen MR) is 98.1 cm³/mol. The summed E-state index contributed by atoms with van der Waals surface area (Å²) >= 11 is 1.02. The Morgan fingerprint density at radius 3 is 2.58 bits per heavy atom. The number of aromatic nitrogens is 1. The molecule has 0 aliphatic carbocycles. The lowest BCUT2D eigenvalue weighted by atomic mass is 10.2. The van der Waals surface area contributed by atoms with E-state index in [4.69, 9.17) is 0 Å². The zero-order valence-electron chi connectivity index (χ0n) is 14.0. The maximum absolute atomic E-state index is 12.5. The number of hydrogen-bond donors (Lipinski definition) is 0. The molecule has 1 atom stereocenters. The number of para-hydroxylation sites is 1. The van der Waals surface area contributed by atoms with Gasteiger partial charge in [-0.2, -0.15) is 0 Å². The van der Waals surface area contributed by atoms with Gasteiger partial charge in [0.25, 0.3) is 11.1 Å². The molecule has 0 saturated carbocycles. The van der Waals surface area contributed by atoms with Gasteiger partial charge < -0.3 is 4.57 Å². The predicted octanol–water partition coefficient (Wildman–Crippen LogP) is 4.62. The molecule has 2 heterocycles. The summed E-state index contributed by atoms with van der Waals surface area (Å²) in [5, 5.41) is -0.181. The lowest BCUT2D eigenvalue weighted by molar-refractivity contribution is -0.124. The Morgan fingerprint density at radius 1 is 1.21 bits per heavy atom. The Kier molecular flexibility index (Phi) is 4.62. The quantitative estimate of drug-likeness (QED) is 0.763. The Morgan fingerprint density at radius 2 is 1.92 bits per heavy atom. The molecule has 1 fully saturated rings. The highest BCUT2D eigenvalue weighted by molar-refractivity contribution is 8.18. The van der Waals surface area contributed by atoms with Crippen LogP contribution in [0.15, 0.2) is 47.5 Å². The second kappa shape index (κ2) is 6.69. The van der Waals surface area contributed by atoms with Crippen LogP contribution in [0.4, 0.5) is 4.79 Å². The summed E-state index contributed by atoms with van der Waals surface area (Å²) in [6.45, 7) is 5.89. The molecule has 4 nitrogen and oxygen atoms in total. The Hall–Kier alpha value is -2.27. The number of amides is 2. The van der Waals surface area contributed by atoms with Crippen molar-refractivity contribution in [1.29, 1.82) is 0 Å². The van der Waals surface area contributed by atoms with Crippen LogP contribution in [0.1, 0.15) is 31.5 Å². The minimum atomic E-state index is -0.190. The van der Waals surface area contributed by atoms with Gasteiger partial charge in [0.05, 0.1) is 4.91 Å². The van der Waals surface area contributed by atoms with Crippen LogP contribution < -0.4 is 0 Å². The highest BCUT2D eigenvalue weighted by Gasteiger charge is 2.37. The zero-order chi connectivity index (χ0) is 17.3. The number of thioether (sulfide) groups is 1. The molecular formula is C19H20N2O2S. The highest BCUT2D eigenvalue weighted by atomic mass is 32.2. The van der Waals surface area contributed by atoms with E-state index in [1.807, 2.05) is 63.4 Å². The average Bonchev–Trinajstić information content (AvgIpc) is 3.07. The van der Waals surface area contributed by atoms with E-state index in [0.29, 0.717) is 4.91 Å². The van der Waals surface area contributed by atoms with Gasteiger partial charge in [0.2, 0.25) is 0 Å². The number of hydrogen-bond acceptors (Lipinski definition) is 3. The molecule has 1 aromatic carbocycles. The molecule has 24 heavy (non-hydrogen) atoms. The minimum absolute atomic E-state index is 0.0703. The van der Waals surface area contributed by atoms with Crippen molar-refractivity contribution in [1.82, 2.24) is 9.47 Å². The van der Waals surface area contributed by atoms with E-state index in [1.165, 1.54) is 4.90 Å². The van der Waals surface area contributed by atoms with E-state index in [9.17, 15) is 9.59 Å². The van der Waals surface area contributed by atoms with Crippen molar-refractivity contribution in [2.45, 2.75) is 33.2 Å². The van der Waals surface area contributed by atoms with E-state index in [2.05, 4.69) is 4.57 Å². The first-order valence-corrected chi connectivity index (χ1v) is 8.84. The molecule has 0 bridgehead atoms. The molecule has 5 heteroatoms. The third kappa shape index (κ3) is 3.04. The van der Waals surface area contributed by atoms with Crippen molar-refractivity contribution in [2.75, 3.05) is 0 Å². The standard InChI is InChI=1S/C19H20N2O2S/c1-4-13(2)21-18(22)17(24-19(21)23)11-15-10-14(3)20(12-15)16-8-6-5-7-9-16/h5-13H,4H2,1-3H3/b17-11-. The fourth-order valence-electron chi connectivity index (χ4n) is 2.74. The number of rotatable bonds is 4. The fraction of sp³-hybridized carbons (Fsp3) is 0.263. The van der Waals surface area contributed by atoms with Crippen LogP contribution in [-0.2, 0) is 4.79 Å². The summed E-state index contributed by atoms with van der Waals surface area (Å²) in [5.41, 5.74) is 3.07. The molecule has 1 aliphatic heterocycles. The molecule has 2 amide bonds. The fourth-order valence-corrected chi connectivity index (χ4v) is 3.67. The van der Waals surface area contributed by atoms with Gasteiger partial charge in [-0.05, 0) is 61.9 Å². The van der Waals surface area contributed by atoms with Crippen LogP contribution in [-0.4, -0.2) is 26.7 Å². The maximum Gasteiger partial charge on any atom is 0.293 e. The molecule has 124 valence electrons. The minimum Gasteiger partial charge on any atom is -0.321 e. The van der Waals surface area contributed by atoms with Gasteiger partial charge >= 0.3 is 0 Å². The van der Waals surface area contributed by atoms with Gasteiger partial charge in [-0.25, -0.2) is 0 Å². The van der Waals surface area contributed by atoms with Gasteiger partial charge in [-0.1, -0.05) is 25.1 Å². The van der Waals surface area contributed by atoms with E-state index < -0.39 is 0 Å². The largest absolute Gasteiger partial charge is 0.321 e. The number of imide groups is 1. The van der Waals surface area contributed by atoms with Crippen LogP contribution in [0.2, 0.25) is 0 Å². The monoisotopic (exact) mass is 340 g/mol. The summed E-state index contributed by atoms with van der Waals surface area (Å²) in [4.78, 5) is 26.4. The smallest absolute Gasteiger partial charge is 0.293 e. The number of carbonyl (C=O) groups is 2. The number of nitrogens with zero attached hydrogens (tertiary/aromatic N) is 2. The molecule has 0 spiro atoms. The summed E-state index contributed by atoms with van der Waals surface area (Å²) in [6, 6.07) is 12.0. The van der Waals surface area contributed by atoms with E-state index >= 15 is 0 Å². The number of benzene rings is 1. The summed E-state index contributed by atoms with van der Waals surface area (Å²) < 4.78 is 2.07. The van der Waals surface area contributed by atoms with Crippen LogP contribution in [0.25, 0.3) is 11.8 Å². The maximum atomic E-state index is 12.5. The first-order valence-electron chi connectivity index (χ1n) is 8.02. The first kappa shape index (κ1) is 16.6. The topological polar surface area (TPSA) is 42.3 Å². The summed E-state index contributed by atoms with van der Waals surface area (Å²) in [6.07, 6.45) is 4.55. The first-order chi connectivity index (χ1) is 11.5. The lowest BCUT2D eigenvalue weighted by Crippen LogP contribution is -2.36. The summed E-state index contributed by atoms with van der Waals surface area (Å²) in [5.74, 6) is -0.190. The highest BCUT2D eigenvalue weighted by Crippen LogP contribution is 2.34. The number of carbonyl (C=O) groups excluding carboxylic acids is 2. The van der Waals surface area contributed by atoms with Gasteiger partial charge in [0, 0.05) is 23.6 Å². The third-order valence-electron chi connectivity index (χ3n) is 4.22. The van der Waals surface area contributed by atoms with Crippen molar-refractivity contribution >= 4 is 29.0 Å². The van der Waals surface area contributed by atoms with Crippen molar-refractivity contribution in [2.24, 2.45) is 0 Å². The Bertz CT molecular complexity index is 808. The zero-order valence-corrected chi connectivity index (χ0v) is 14.8. The molecule has 1 aliphatic rings. The van der Waals surface area contributed by atoms with Gasteiger partial charge in [0.1, 0.15) is 0 Å². The molecule has 1 saturated heterocycles. The van der Waals surface area contributed by atoms with Gasteiger partial charge in [0.15, 0.2) is 0 Å². The molecule has 1 unspecified atom stereocenters. The molecule has 3 rings (SSSR count). The van der Waals surface area contributed by atoms with Crippen molar-refractivity contribution in [3.8, 4) is 5.69 Å². The third-order valence-corrected chi connectivity index (χ3v) is 5.10. The average molecular weight is 340 g/mol. The second-order valence-corrected chi connectivity index (χ2v) is 6.92. The van der Waals surface area contributed by atoms with Gasteiger partial charge in [-0.15, -0.1) is 0 Å². The number of aryl methyl sites for hydroxylation is 1. The molecule has 0 radical (unpaired) electrons. The van der Waals surface area contributed by atoms with Crippen molar-refractivity contribution in [3.05, 3.63) is 58.8 Å². The SMILES string of the molecule is CCC(C)N1C(=O)S/C(=C\c2cc(C)n(-c3ccccc3)c2)C1=O. The lowest BCUT2D eigenvalue weighted by Gasteiger charge is -2.19. The van der Waals surface area contributed by atoms with Crippen LogP contribution in [0, 0.1) is 6.92 Å². The van der Waals surface area contributed by atoms with Crippen LogP contribution >= 0.6 is 11.8 Å². The van der Waals surface area contributed by atoms with E-state index in [1.54, 1.807) is 6.08 Å². The van der Waals surface area contributed by atoms with E-state index in [0.717, 1.165) is 35.1 Å². The van der Waals surface area contributed by atoms with Crippen LogP contribution in [0.5, 0.6) is 0 Å². The molecule has 2 aromatic rings. The molecule has 0 N–H and O–H groups in total. The van der Waals surface area contributed by atoms with Crippen molar-refractivity contribution in [3.63, 3.8) is 0 Å². The molecular weight excluding hydrogens is 320 g/mol.